The predicted molar refractivity (Wildman–Crippen MR) is 71.1 cm³/mol. The van der Waals surface area contributed by atoms with Crippen LogP contribution in [0, 0.1) is 5.82 Å². The van der Waals surface area contributed by atoms with Crippen molar-refractivity contribution in [3.05, 3.63) is 29.6 Å². The van der Waals surface area contributed by atoms with E-state index in [1.807, 2.05) is 6.92 Å². The lowest BCUT2D eigenvalue weighted by atomic mass is 10.1. The van der Waals surface area contributed by atoms with Gasteiger partial charge in [0.15, 0.2) is 0 Å². The molecule has 0 unspecified atom stereocenters. The van der Waals surface area contributed by atoms with Crippen LogP contribution in [0.5, 0.6) is 5.75 Å². The Morgan fingerprint density at radius 1 is 1.22 bits per heavy atom. The minimum atomic E-state index is -0.261. The highest BCUT2D eigenvalue weighted by Crippen LogP contribution is 2.29. The molecule has 0 aliphatic heterocycles. The summed E-state index contributed by atoms with van der Waals surface area (Å²) in [5.41, 5.74) is 6.79. The van der Waals surface area contributed by atoms with Crippen molar-refractivity contribution in [1.29, 1.82) is 0 Å². The molecule has 0 heterocycles. The highest BCUT2D eigenvalue weighted by molar-refractivity contribution is 5.36. The molecule has 0 spiro atoms. The van der Waals surface area contributed by atoms with Crippen LogP contribution < -0.4 is 10.5 Å². The first kappa shape index (κ1) is 13.3. The van der Waals surface area contributed by atoms with Crippen LogP contribution in [-0.4, -0.2) is 6.10 Å². The van der Waals surface area contributed by atoms with Gasteiger partial charge >= 0.3 is 0 Å². The summed E-state index contributed by atoms with van der Waals surface area (Å²) < 4.78 is 19.3. The molecule has 0 aromatic heterocycles. The van der Waals surface area contributed by atoms with Crippen molar-refractivity contribution in [2.75, 3.05) is 0 Å². The van der Waals surface area contributed by atoms with Crippen molar-refractivity contribution in [3.63, 3.8) is 0 Å². The smallest absolute Gasteiger partial charge is 0.127 e. The first-order valence-corrected chi connectivity index (χ1v) is 6.88. The van der Waals surface area contributed by atoms with E-state index >= 15 is 0 Å². The Morgan fingerprint density at radius 2 is 1.89 bits per heavy atom. The molecule has 1 fully saturated rings. The number of ether oxygens (including phenoxy) is 1. The fourth-order valence-corrected chi connectivity index (χ4v) is 2.53. The van der Waals surface area contributed by atoms with Crippen LogP contribution >= 0.6 is 0 Å². The van der Waals surface area contributed by atoms with E-state index in [1.165, 1.54) is 37.8 Å². The van der Waals surface area contributed by atoms with Gasteiger partial charge in [-0.25, -0.2) is 4.39 Å². The van der Waals surface area contributed by atoms with Crippen molar-refractivity contribution in [2.45, 2.75) is 57.6 Å². The van der Waals surface area contributed by atoms with Crippen LogP contribution in [0.2, 0.25) is 0 Å². The third-order valence-corrected chi connectivity index (χ3v) is 3.56. The van der Waals surface area contributed by atoms with Gasteiger partial charge in [-0.05, 0) is 38.7 Å². The first-order valence-electron chi connectivity index (χ1n) is 6.88. The Morgan fingerprint density at radius 3 is 2.50 bits per heavy atom. The minimum absolute atomic E-state index is 0.133. The molecule has 2 rings (SSSR count). The van der Waals surface area contributed by atoms with Gasteiger partial charge < -0.3 is 10.5 Å². The van der Waals surface area contributed by atoms with Crippen molar-refractivity contribution in [3.8, 4) is 5.75 Å². The normalized spacial score (nSPS) is 19.3. The largest absolute Gasteiger partial charge is 0.490 e. The Bertz CT molecular complexity index is 384. The van der Waals surface area contributed by atoms with E-state index in [1.54, 1.807) is 6.07 Å². The monoisotopic (exact) mass is 251 g/mol. The number of nitrogens with two attached hydrogens (primary N) is 1. The highest BCUT2D eigenvalue weighted by atomic mass is 19.1. The predicted octanol–water partition coefficient (Wildman–Crippen LogP) is 3.95. The first-order chi connectivity index (χ1) is 8.66. The maximum Gasteiger partial charge on any atom is 0.127 e. The molecular weight excluding hydrogens is 229 g/mol. The van der Waals surface area contributed by atoms with E-state index in [4.69, 9.17) is 10.5 Å². The standard InChI is InChI=1S/C15H22FNO/c1-11(17)14-9-8-12(16)10-15(14)18-13-6-4-2-3-5-7-13/h8-11,13H,2-7,17H2,1H3/t11-/m0/s1. The van der Waals surface area contributed by atoms with Gasteiger partial charge in [-0.15, -0.1) is 0 Å². The average molecular weight is 251 g/mol. The molecule has 1 aliphatic rings. The summed E-state index contributed by atoms with van der Waals surface area (Å²) in [4.78, 5) is 0. The summed E-state index contributed by atoms with van der Waals surface area (Å²) in [6.07, 6.45) is 7.31. The molecule has 1 atom stereocenters. The quantitative estimate of drug-likeness (QED) is 0.826. The molecule has 2 N–H and O–H groups in total. The van der Waals surface area contributed by atoms with Gasteiger partial charge in [0.25, 0.3) is 0 Å². The third-order valence-electron chi connectivity index (χ3n) is 3.56. The lowest BCUT2D eigenvalue weighted by molar-refractivity contribution is 0.180. The average Bonchev–Trinajstić information content (AvgIpc) is 2.57. The van der Waals surface area contributed by atoms with E-state index in [0.717, 1.165) is 18.4 Å². The maximum atomic E-state index is 13.3. The SMILES string of the molecule is C[C@H](N)c1ccc(F)cc1OC1CCCCCC1. The Balaban J connectivity index is 2.13. The zero-order chi connectivity index (χ0) is 13.0. The van der Waals surface area contributed by atoms with Gasteiger partial charge in [-0.1, -0.05) is 18.9 Å². The second kappa shape index (κ2) is 6.19. The Kier molecular flexibility index (Phi) is 4.59. The maximum absolute atomic E-state index is 13.3. The number of benzene rings is 1. The molecule has 2 nitrogen and oxygen atoms in total. The second-order valence-electron chi connectivity index (χ2n) is 5.20. The molecule has 0 amide bonds. The van der Waals surface area contributed by atoms with Crippen LogP contribution in [-0.2, 0) is 0 Å². The lowest BCUT2D eigenvalue weighted by Gasteiger charge is -2.20. The van der Waals surface area contributed by atoms with Crippen molar-refractivity contribution < 1.29 is 9.13 Å². The molecule has 0 saturated heterocycles. The molecule has 1 aromatic rings. The highest BCUT2D eigenvalue weighted by Gasteiger charge is 2.17. The zero-order valence-electron chi connectivity index (χ0n) is 11.0. The molecule has 18 heavy (non-hydrogen) atoms. The van der Waals surface area contributed by atoms with Gasteiger partial charge in [0.1, 0.15) is 11.6 Å². The van der Waals surface area contributed by atoms with Gasteiger partial charge in [-0.2, -0.15) is 0 Å². The third kappa shape index (κ3) is 3.45. The molecular formula is C15H22FNO. The van der Waals surface area contributed by atoms with Gasteiger partial charge in [0.05, 0.1) is 6.10 Å². The van der Waals surface area contributed by atoms with Crippen molar-refractivity contribution >= 4 is 0 Å². The number of rotatable bonds is 3. The van der Waals surface area contributed by atoms with Crippen LogP contribution in [0.3, 0.4) is 0 Å². The summed E-state index contributed by atoms with van der Waals surface area (Å²) >= 11 is 0. The van der Waals surface area contributed by atoms with Gasteiger partial charge in [0, 0.05) is 17.7 Å². The summed E-state index contributed by atoms with van der Waals surface area (Å²) in [7, 11) is 0. The second-order valence-corrected chi connectivity index (χ2v) is 5.20. The topological polar surface area (TPSA) is 35.2 Å². The van der Waals surface area contributed by atoms with Crippen molar-refractivity contribution in [1.82, 2.24) is 0 Å². The molecule has 3 heteroatoms. The van der Waals surface area contributed by atoms with Gasteiger partial charge in [0.2, 0.25) is 0 Å². The Labute approximate surface area is 108 Å². The molecule has 0 radical (unpaired) electrons. The van der Waals surface area contributed by atoms with Crippen molar-refractivity contribution in [2.24, 2.45) is 5.73 Å². The van der Waals surface area contributed by atoms with Gasteiger partial charge in [-0.3, -0.25) is 0 Å². The summed E-state index contributed by atoms with van der Waals surface area (Å²) in [5, 5.41) is 0. The zero-order valence-corrected chi connectivity index (χ0v) is 11.0. The molecule has 1 saturated carbocycles. The van der Waals surface area contributed by atoms with E-state index in [2.05, 4.69) is 0 Å². The van der Waals surface area contributed by atoms with Crippen LogP contribution in [0.4, 0.5) is 4.39 Å². The molecule has 1 aliphatic carbocycles. The molecule has 100 valence electrons. The summed E-state index contributed by atoms with van der Waals surface area (Å²) in [6, 6.07) is 4.50. The lowest BCUT2D eigenvalue weighted by Crippen LogP contribution is -2.17. The van der Waals surface area contributed by atoms with E-state index < -0.39 is 0 Å². The van der Waals surface area contributed by atoms with Crippen LogP contribution in [0.25, 0.3) is 0 Å². The molecule has 1 aromatic carbocycles. The number of hydrogen-bond donors (Lipinski definition) is 1. The fraction of sp³-hybridized carbons (Fsp3) is 0.600. The van der Waals surface area contributed by atoms with E-state index in [0.29, 0.717) is 5.75 Å². The fourth-order valence-electron chi connectivity index (χ4n) is 2.53. The van der Waals surface area contributed by atoms with E-state index in [9.17, 15) is 4.39 Å². The number of halogens is 1. The van der Waals surface area contributed by atoms with Crippen LogP contribution in [0.1, 0.15) is 57.1 Å². The number of hydrogen-bond acceptors (Lipinski definition) is 2. The Hall–Kier alpha value is -1.09. The van der Waals surface area contributed by atoms with E-state index in [-0.39, 0.29) is 18.0 Å². The summed E-state index contributed by atoms with van der Waals surface area (Å²) in [5.74, 6) is 0.361. The summed E-state index contributed by atoms with van der Waals surface area (Å²) in [6.45, 7) is 1.90. The molecule has 0 bridgehead atoms. The minimum Gasteiger partial charge on any atom is -0.490 e. The van der Waals surface area contributed by atoms with Crippen LogP contribution in [0.15, 0.2) is 18.2 Å².